The third-order valence-corrected chi connectivity index (χ3v) is 2.73. The molecule has 0 bridgehead atoms. The lowest BCUT2D eigenvalue weighted by atomic mass is 9.82. The number of ether oxygens (including phenoxy) is 1. The van der Waals surface area contributed by atoms with Crippen molar-refractivity contribution in [3.8, 4) is 5.75 Å². The van der Waals surface area contributed by atoms with E-state index in [9.17, 15) is 0 Å². The smallest absolute Gasteiger partial charge is 0.119 e. The second kappa shape index (κ2) is 6.06. The first-order valence-electron chi connectivity index (χ1n) is 6.26. The minimum absolute atomic E-state index is 0.0577. The monoisotopic (exact) mass is 236 g/mol. The van der Waals surface area contributed by atoms with Crippen LogP contribution in [-0.2, 0) is 0 Å². The summed E-state index contributed by atoms with van der Waals surface area (Å²) in [6, 6.07) is 8.18. The zero-order chi connectivity index (χ0) is 12.9. The Labute approximate surface area is 105 Å². The van der Waals surface area contributed by atoms with E-state index in [1.807, 2.05) is 12.1 Å². The maximum absolute atomic E-state index is 8.67. The van der Waals surface area contributed by atoms with Gasteiger partial charge in [0, 0.05) is 0 Å². The first-order valence-corrected chi connectivity index (χ1v) is 6.26. The number of rotatable bonds is 5. The zero-order valence-corrected chi connectivity index (χ0v) is 11.4. The van der Waals surface area contributed by atoms with Gasteiger partial charge in [-0.05, 0) is 35.4 Å². The number of benzene rings is 1. The quantitative estimate of drug-likeness (QED) is 0.846. The Kier molecular flexibility index (Phi) is 5.01. The van der Waals surface area contributed by atoms with Gasteiger partial charge in [0.05, 0.1) is 6.61 Å². The molecule has 0 saturated heterocycles. The Bertz CT molecular complexity index is 322. The summed E-state index contributed by atoms with van der Waals surface area (Å²) in [6.07, 6.45) is 1.17. The van der Waals surface area contributed by atoms with Crippen LogP contribution >= 0.6 is 0 Å². The minimum atomic E-state index is 0.0577. The summed E-state index contributed by atoms with van der Waals surface area (Å²) < 4.78 is 5.34. The van der Waals surface area contributed by atoms with Gasteiger partial charge in [-0.25, -0.2) is 0 Å². The van der Waals surface area contributed by atoms with Gasteiger partial charge in [-0.3, -0.25) is 0 Å². The highest BCUT2D eigenvalue weighted by atomic mass is 16.5. The summed E-state index contributed by atoms with van der Waals surface area (Å²) >= 11 is 0. The van der Waals surface area contributed by atoms with Crippen molar-refractivity contribution in [1.82, 2.24) is 0 Å². The minimum Gasteiger partial charge on any atom is -0.491 e. The summed E-state index contributed by atoms with van der Waals surface area (Å²) in [5, 5.41) is 8.67. The van der Waals surface area contributed by atoms with E-state index in [0.29, 0.717) is 17.9 Å². The molecular formula is C15H24O2. The lowest BCUT2D eigenvalue weighted by molar-refractivity contribution is 0.201. The Morgan fingerprint density at radius 2 is 1.76 bits per heavy atom. The highest BCUT2D eigenvalue weighted by Gasteiger charge is 2.16. The average molecular weight is 236 g/mol. The predicted octanol–water partition coefficient (Wildman–Crippen LogP) is 3.60. The van der Waals surface area contributed by atoms with Crippen LogP contribution in [0.1, 0.15) is 45.6 Å². The highest BCUT2D eigenvalue weighted by molar-refractivity contribution is 5.29. The van der Waals surface area contributed by atoms with Crippen LogP contribution in [0.5, 0.6) is 5.75 Å². The van der Waals surface area contributed by atoms with Crippen molar-refractivity contribution in [2.75, 3.05) is 13.2 Å². The molecule has 0 aliphatic rings. The SMILES string of the molecule is CC(CC(C)(C)C)c1ccc(OCCO)cc1. The van der Waals surface area contributed by atoms with Crippen LogP contribution in [0.25, 0.3) is 0 Å². The summed E-state index contributed by atoms with van der Waals surface area (Å²) in [7, 11) is 0. The van der Waals surface area contributed by atoms with Crippen molar-refractivity contribution in [2.24, 2.45) is 5.41 Å². The predicted molar refractivity (Wildman–Crippen MR) is 71.5 cm³/mol. The second-order valence-corrected chi connectivity index (χ2v) is 5.81. The fourth-order valence-electron chi connectivity index (χ4n) is 2.09. The van der Waals surface area contributed by atoms with Gasteiger partial charge in [-0.1, -0.05) is 39.8 Å². The molecule has 0 aliphatic carbocycles. The molecule has 0 aliphatic heterocycles. The van der Waals surface area contributed by atoms with Gasteiger partial charge in [0.15, 0.2) is 0 Å². The summed E-state index contributed by atoms with van der Waals surface area (Å²) in [6.45, 7) is 9.47. The van der Waals surface area contributed by atoms with Crippen molar-refractivity contribution < 1.29 is 9.84 Å². The van der Waals surface area contributed by atoms with Crippen molar-refractivity contribution in [3.63, 3.8) is 0 Å². The van der Waals surface area contributed by atoms with Crippen molar-refractivity contribution in [2.45, 2.75) is 40.0 Å². The summed E-state index contributed by atoms with van der Waals surface area (Å²) in [4.78, 5) is 0. The molecule has 0 fully saturated rings. The molecule has 0 radical (unpaired) electrons. The van der Waals surface area contributed by atoms with Crippen LogP contribution in [0.4, 0.5) is 0 Å². The third kappa shape index (κ3) is 5.22. The van der Waals surface area contributed by atoms with Crippen molar-refractivity contribution in [1.29, 1.82) is 0 Å². The van der Waals surface area contributed by atoms with Crippen molar-refractivity contribution >= 4 is 0 Å². The molecule has 17 heavy (non-hydrogen) atoms. The molecule has 1 atom stereocenters. The van der Waals surface area contributed by atoms with Gasteiger partial charge in [-0.2, -0.15) is 0 Å². The van der Waals surface area contributed by atoms with Gasteiger partial charge >= 0.3 is 0 Å². The normalized spacial score (nSPS) is 13.5. The van der Waals surface area contributed by atoms with Crippen LogP contribution in [0.2, 0.25) is 0 Å². The first kappa shape index (κ1) is 14.0. The number of hydrogen-bond acceptors (Lipinski definition) is 2. The molecule has 0 saturated carbocycles. The van der Waals surface area contributed by atoms with Crippen LogP contribution in [0, 0.1) is 5.41 Å². The molecule has 2 nitrogen and oxygen atoms in total. The molecule has 1 N–H and O–H groups in total. The maximum Gasteiger partial charge on any atom is 0.119 e. The molecule has 0 spiro atoms. The van der Waals surface area contributed by atoms with E-state index in [-0.39, 0.29) is 6.61 Å². The number of hydrogen-bond donors (Lipinski definition) is 1. The molecule has 96 valence electrons. The molecule has 2 heteroatoms. The van der Waals surface area contributed by atoms with E-state index < -0.39 is 0 Å². The van der Waals surface area contributed by atoms with E-state index in [1.54, 1.807) is 0 Å². The topological polar surface area (TPSA) is 29.5 Å². The van der Waals surface area contributed by atoms with E-state index in [4.69, 9.17) is 9.84 Å². The summed E-state index contributed by atoms with van der Waals surface area (Å²) in [5.41, 5.74) is 1.70. The fourth-order valence-corrected chi connectivity index (χ4v) is 2.09. The lowest BCUT2D eigenvalue weighted by Gasteiger charge is -2.23. The van der Waals surface area contributed by atoms with Crippen molar-refractivity contribution in [3.05, 3.63) is 29.8 Å². The molecule has 1 aromatic rings. The van der Waals surface area contributed by atoms with Gasteiger partial charge in [-0.15, -0.1) is 0 Å². The molecule has 1 unspecified atom stereocenters. The van der Waals surface area contributed by atoms with Crippen LogP contribution in [0.3, 0.4) is 0 Å². The van der Waals surface area contributed by atoms with Gasteiger partial charge in [0.1, 0.15) is 12.4 Å². The summed E-state index contributed by atoms with van der Waals surface area (Å²) in [5.74, 6) is 1.38. The standard InChI is InChI=1S/C15H24O2/c1-12(11-15(2,3)4)13-5-7-14(8-6-13)17-10-9-16/h5-8,12,16H,9-11H2,1-4H3. The Balaban J connectivity index is 2.60. The van der Waals surface area contributed by atoms with Gasteiger partial charge in [0.25, 0.3) is 0 Å². The lowest BCUT2D eigenvalue weighted by Crippen LogP contribution is -2.09. The van der Waals surface area contributed by atoms with E-state index in [0.717, 1.165) is 5.75 Å². The number of aliphatic hydroxyl groups excluding tert-OH is 1. The molecule has 1 rings (SSSR count). The highest BCUT2D eigenvalue weighted by Crippen LogP contribution is 2.31. The third-order valence-electron chi connectivity index (χ3n) is 2.73. The molecule has 0 aromatic heterocycles. The van der Waals surface area contributed by atoms with E-state index in [1.165, 1.54) is 12.0 Å². The van der Waals surface area contributed by atoms with Gasteiger partial charge in [0.2, 0.25) is 0 Å². The van der Waals surface area contributed by atoms with Crippen LogP contribution in [-0.4, -0.2) is 18.3 Å². The van der Waals surface area contributed by atoms with Crippen LogP contribution in [0.15, 0.2) is 24.3 Å². The van der Waals surface area contributed by atoms with E-state index >= 15 is 0 Å². The zero-order valence-electron chi connectivity index (χ0n) is 11.4. The Hall–Kier alpha value is -1.02. The maximum atomic E-state index is 8.67. The Morgan fingerprint density at radius 3 is 2.24 bits per heavy atom. The average Bonchev–Trinajstić information content (AvgIpc) is 2.24. The molecule has 1 aromatic carbocycles. The number of aliphatic hydroxyl groups is 1. The molecule has 0 heterocycles. The fraction of sp³-hybridized carbons (Fsp3) is 0.600. The molecular weight excluding hydrogens is 212 g/mol. The Morgan fingerprint density at radius 1 is 1.18 bits per heavy atom. The van der Waals surface area contributed by atoms with Crippen LogP contribution < -0.4 is 4.74 Å². The molecule has 0 amide bonds. The second-order valence-electron chi connectivity index (χ2n) is 5.81. The van der Waals surface area contributed by atoms with E-state index in [2.05, 4.69) is 39.8 Å². The first-order chi connectivity index (χ1) is 7.92. The van der Waals surface area contributed by atoms with Gasteiger partial charge < -0.3 is 9.84 Å². The largest absolute Gasteiger partial charge is 0.491 e.